The Bertz CT molecular complexity index is 3030. The Balaban J connectivity index is 1.33. The third-order valence-electron chi connectivity index (χ3n) is 7.58. The molecule has 0 saturated heterocycles. The molecule has 0 amide bonds. The summed E-state index contributed by atoms with van der Waals surface area (Å²) in [6.07, 6.45) is 2.29. The number of rotatable bonds is 10. The van der Waals surface area contributed by atoms with Crippen LogP contribution in [-0.2, 0) is 40.5 Å². The van der Waals surface area contributed by atoms with E-state index in [1.54, 1.807) is 0 Å². The Morgan fingerprint density at radius 2 is 0.828 bits per heavy atom. The van der Waals surface area contributed by atoms with Gasteiger partial charge in [-0.15, -0.1) is 0 Å². The average Bonchev–Trinajstić information content (AvgIpc) is 3.13. The topological polar surface area (TPSA) is 325 Å². The lowest BCUT2D eigenvalue weighted by atomic mass is 10.1. The second kappa shape index (κ2) is 16.0. The molecular formula is C32H22Cl2N8O12S4. The highest BCUT2D eigenvalue weighted by molar-refractivity contribution is 7.86. The van der Waals surface area contributed by atoms with Gasteiger partial charge >= 0.3 is 0 Å². The summed E-state index contributed by atoms with van der Waals surface area (Å²) in [5.74, 6) is 0.136. The van der Waals surface area contributed by atoms with E-state index < -0.39 is 50.3 Å². The second-order valence-electron chi connectivity index (χ2n) is 11.5. The van der Waals surface area contributed by atoms with Crippen LogP contribution in [0.2, 0.25) is 10.6 Å². The first kappa shape index (κ1) is 42.1. The van der Waals surface area contributed by atoms with Gasteiger partial charge in [-0.2, -0.15) is 53.6 Å². The molecule has 4 aromatic carbocycles. The molecule has 0 unspecified atom stereocenters. The van der Waals surface area contributed by atoms with Gasteiger partial charge in [-0.25, -0.2) is 9.98 Å². The summed E-state index contributed by atoms with van der Waals surface area (Å²) in [6, 6.07) is 16.8. The standard InChI is InChI=1S/C32H22Cl2N8O12S4/c33-29-37-27(19-5-11-23(12-6-19)55(43,44)45)39-31(41-29)35-21-9-3-17(25(15-21)57(49,50)51)1-2-18-4-10-22(16-26(18)58(52,53)54)36-32-40-28(38-30(34)42-32)20-7-13-24(14-8-20)56(46,47)48/h1-16H,(H,43,44,45)(H,46,47,48)(H,49,50,51)(H,52,53,54)(H,35,37,39,41)(H,36,38,40,42)/b2-1+. The van der Waals surface area contributed by atoms with Crippen molar-refractivity contribution >= 4 is 87.2 Å². The molecule has 20 nitrogen and oxygen atoms in total. The number of aromatic nitrogens is 6. The molecule has 2 heterocycles. The Kier molecular flexibility index (Phi) is 11.6. The van der Waals surface area contributed by atoms with Gasteiger partial charge in [0.2, 0.25) is 21.8 Å². The molecule has 58 heavy (non-hydrogen) atoms. The molecular weight excluding hydrogens is 888 g/mol. The zero-order valence-electron chi connectivity index (χ0n) is 28.4. The minimum atomic E-state index is -4.94. The van der Waals surface area contributed by atoms with Crippen LogP contribution in [0.5, 0.6) is 0 Å². The first-order valence-corrected chi connectivity index (χ1v) is 22.0. The summed E-state index contributed by atoms with van der Waals surface area (Å²) < 4.78 is 134. The lowest BCUT2D eigenvalue weighted by Gasteiger charge is -2.07. The molecule has 0 bridgehead atoms. The van der Waals surface area contributed by atoms with Crippen LogP contribution in [0.4, 0.5) is 11.4 Å². The normalized spacial score (nSPS) is 13.3. The number of aromatic amines is 2. The van der Waals surface area contributed by atoms with E-state index in [1.807, 2.05) is 0 Å². The molecule has 26 heteroatoms. The van der Waals surface area contributed by atoms with Gasteiger partial charge in [-0.05, 0) is 107 Å². The van der Waals surface area contributed by atoms with E-state index >= 15 is 0 Å². The smallest absolute Gasteiger partial charge is 0.295 e. The third kappa shape index (κ3) is 10.3. The molecule has 0 saturated carbocycles. The molecule has 0 aliphatic rings. The average molecular weight is 910 g/mol. The molecule has 0 spiro atoms. The highest BCUT2D eigenvalue weighted by Gasteiger charge is 2.18. The van der Waals surface area contributed by atoms with Crippen LogP contribution in [0.3, 0.4) is 0 Å². The van der Waals surface area contributed by atoms with Crippen LogP contribution in [0.25, 0.3) is 34.9 Å². The molecule has 0 aliphatic heterocycles. The van der Waals surface area contributed by atoms with Crippen LogP contribution < -0.4 is 11.2 Å². The maximum atomic E-state index is 12.5. The van der Waals surface area contributed by atoms with Crippen molar-refractivity contribution in [1.29, 1.82) is 0 Å². The first-order chi connectivity index (χ1) is 27.0. The summed E-state index contributed by atoms with van der Waals surface area (Å²) >= 11 is 12.1. The van der Waals surface area contributed by atoms with Crippen molar-refractivity contribution in [1.82, 2.24) is 29.9 Å². The fourth-order valence-corrected chi connectivity index (χ4v) is 7.71. The third-order valence-corrected chi connectivity index (χ3v) is 11.5. The minimum Gasteiger partial charge on any atom is -0.308 e. The van der Waals surface area contributed by atoms with Gasteiger partial charge in [0.25, 0.3) is 40.5 Å². The Morgan fingerprint density at radius 3 is 1.14 bits per heavy atom. The summed E-state index contributed by atoms with van der Waals surface area (Å²) in [4.78, 5) is 27.8. The highest BCUT2D eigenvalue weighted by Crippen LogP contribution is 2.28. The summed E-state index contributed by atoms with van der Waals surface area (Å²) in [5.41, 5.74) is -0.141. The van der Waals surface area contributed by atoms with E-state index in [9.17, 15) is 51.9 Å². The number of nitrogens with zero attached hydrogens (tertiary/aromatic N) is 6. The maximum absolute atomic E-state index is 12.5. The van der Waals surface area contributed by atoms with E-state index in [1.165, 1.54) is 48.5 Å². The lowest BCUT2D eigenvalue weighted by Crippen LogP contribution is -2.15. The molecule has 6 aromatic rings. The zero-order chi connectivity index (χ0) is 42.2. The van der Waals surface area contributed by atoms with Crippen molar-refractivity contribution in [2.75, 3.05) is 0 Å². The van der Waals surface area contributed by atoms with Gasteiger partial charge in [-0.1, -0.05) is 24.3 Å². The Morgan fingerprint density at radius 1 is 0.483 bits per heavy atom. The van der Waals surface area contributed by atoms with E-state index in [4.69, 9.17) is 23.2 Å². The number of hydrogen-bond donors (Lipinski definition) is 6. The number of halogens is 2. The van der Waals surface area contributed by atoms with Gasteiger partial charge in [0.15, 0.2) is 0 Å². The van der Waals surface area contributed by atoms with Crippen LogP contribution in [0.15, 0.2) is 114 Å². The Hall–Kier alpha value is -5.54. The molecule has 0 atom stereocenters. The largest absolute Gasteiger partial charge is 0.308 e. The molecule has 6 N–H and O–H groups in total. The van der Waals surface area contributed by atoms with Gasteiger partial charge < -0.3 is 9.97 Å². The van der Waals surface area contributed by atoms with Crippen molar-refractivity contribution < 1.29 is 51.9 Å². The van der Waals surface area contributed by atoms with Gasteiger partial charge in [-0.3, -0.25) is 18.2 Å². The van der Waals surface area contributed by atoms with Crippen LogP contribution in [0.1, 0.15) is 11.1 Å². The zero-order valence-corrected chi connectivity index (χ0v) is 33.1. The fraction of sp³-hybridized carbons (Fsp3) is 0. The minimum absolute atomic E-state index is 0.0621. The van der Waals surface area contributed by atoms with Gasteiger partial charge in [0.05, 0.1) is 21.2 Å². The van der Waals surface area contributed by atoms with E-state index in [-0.39, 0.29) is 65.7 Å². The Labute approximate surface area is 337 Å². The van der Waals surface area contributed by atoms with Gasteiger partial charge in [0, 0.05) is 11.1 Å². The fourth-order valence-electron chi connectivity index (χ4n) is 5.01. The summed E-state index contributed by atoms with van der Waals surface area (Å²) in [6.45, 7) is 0. The maximum Gasteiger partial charge on any atom is 0.295 e. The predicted octanol–water partition coefficient (Wildman–Crippen LogP) is 4.19. The number of nitrogens with one attached hydrogen (secondary N) is 2. The predicted molar refractivity (Wildman–Crippen MR) is 205 cm³/mol. The van der Waals surface area contributed by atoms with Crippen LogP contribution in [0, 0.1) is 0 Å². The molecule has 0 fully saturated rings. The number of hydrogen-bond acceptors (Lipinski definition) is 14. The summed E-state index contributed by atoms with van der Waals surface area (Å²) in [5, 5.41) is -0.603. The lowest BCUT2D eigenvalue weighted by molar-refractivity contribution is 0.480. The summed E-state index contributed by atoms with van der Waals surface area (Å²) in [7, 11) is -18.8. The second-order valence-corrected chi connectivity index (χ2v) is 17.8. The van der Waals surface area contributed by atoms with Crippen molar-refractivity contribution in [3.8, 4) is 22.8 Å². The van der Waals surface area contributed by atoms with E-state index in [2.05, 4.69) is 39.9 Å². The van der Waals surface area contributed by atoms with Crippen molar-refractivity contribution in [2.45, 2.75) is 19.6 Å². The quantitative estimate of drug-likeness (QED) is 0.0829. The van der Waals surface area contributed by atoms with Crippen LogP contribution >= 0.6 is 23.2 Å². The van der Waals surface area contributed by atoms with Crippen molar-refractivity contribution in [3.63, 3.8) is 0 Å². The van der Waals surface area contributed by atoms with Crippen molar-refractivity contribution in [3.05, 3.63) is 118 Å². The van der Waals surface area contributed by atoms with Crippen molar-refractivity contribution in [2.24, 2.45) is 9.98 Å². The number of H-pyrrole nitrogens is 2. The first-order valence-electron chi connectivity index (χ1n) is 15.5. The molecule has 0 aliphatic carbocycles. The number of benzene rings is 4. The van der Waals surface area contributed by atoms with E-state index in [0.29, 0.717) is 11.1 Å². The molecule has 6 rings (SSSR count). The van der Waals surface area contributed by atoms with E-state index in [0.717, 1.165) is 48.6 Å². The van der Waals surface area contributed by atoms with Gasteiger partial charge in [0.1, 0.15) is 21.4 Å². The van der Waals surface area contributed by atoms with Crippen LogP contribution in [-0.4, -0.2) is 81.8 Å². The highest BCUT2D eigenvalue weighted by atomic mass is 35.5. The molecule has 0 radical (unpaired) electrons. The SMILES string of the molecule is O=S(=O)(O)c1ccc(-c2nc(Cl)nc(=Nc3ccc(/C=C/c4ccc(N=c5nc(Cl)nc(-c6ccc(S(=O)(=O)O)cc6)[nH]5)cc4S(=O)(=O)O)c(S(=O)(=O)O)c3)[nH]2)cc1. The monoisotopic (exact) mass is 908 g/mol. The molecule has 2 aromatic heterocycles. The molecule has 300 valence electrons.